The summed E-state index contributed by atoms with van der Waals surface area (Å²) in [5, 5.41) is 2.46. The van der Waals surface area contributed by atoms with Gasteiger partial charge in [-0.05, 0) is 66.6 Å². The van der Waals surface area contributed by atoms with Crippen molar-refractivity contribution in [1.82, 2.24) is 0 Å². The highest BCUT2D eigenvalue weighted by molar-refractivity contribution is 9.11. The zero-order valence-electron chi connectivity index (χ0n) is 10.0. The molecule has 2 rings (SSSR count). The Kier molecular flexibility index (Phi) is 4.41. The Morgan fingerprint density at radius 1 is 0.778 bits per heavy atom. The molecule has 0 aliphatic rings. The molecule has 92 valence electrons. The van der Waals surface area contributed by atoms with Crippen molar-refractivity contribution in [2.45, 2.75) is 12.8 Å². The average molecular weight is 366 g/mol. The second kappa shape index (κ2) is 5.85. The summed E-state index contributed by atoms with van der Waals surface area (Å²) in [5.74, 6) is 0. The number of benzene rings is 2. The number of allylic oxidation sites excluding steroid dienone is 2. The van der Waals surface area contributed by atoms with Crippen molar-refractivity contribution in [3.63, 3.8) is 0 Å². The molecule has 0 N–H and O–H groups in total. The zero-order chi connectivity index (χ0) is 13.1. The first-order valence-electron chi connectivity index (χ1n) is 5.79. The molecule has 0 radical (unpaired) electrons. The lowest BCUT2D eigenvalue weighted by atomic mass is 10.0. The molecule has 0 bridgehead atoms. The van der Waals surface area contributed by atoms with Crippen LogP contribution in [0.4, 0.5) is 0 Å². The maximum atomic E-state index is 3.79. The molecule has 0 saturated heterocycles. The Morgan fingerprint density at radius 2 is 1.17 bits per heavy atom. The van der Waals surface area contributed by atoms with Crippen LogP contribution in [0.1, 0.15) is 11.1 Å². The summed E-state index contributed by atoms with van der Waals surface area (Å²) in [4.78, 5) is 0. The second-order valence-electron chi connectivity index (χ2n) is 4.16. The Hall–Kier alpha value is -0.860. The van der Waals surface area contributed by atoms with Crippen molar-refractivity contribution < 1.29 is 0 Å². The van der Waals surface area contributed by atoms with Crippen LogP contribution < -0.4 is 0 Å². The normalized spacial score (nSPS) is 10.6. The molecule has 0 spiro atoms. The van der Waals surface area contributed by atoms with E-state index in [1.54, 1.807) is 0 Å². The fourth-order valence-corrected chi connectivity index (χ4v) is 3.33. The van der Waals surface area contributed by atoms with Gasteiger partial charge in [-0.1, -0.05) is 36.4 Å². The van der Waals surface area contributed by atoms with Crippen molar-refractivity contribution in [3.8, 4) is 0 Å². The van der Waals surface area contributed by atoms with Gasteiger partial charge in [0.25, 0.3) is 0 Å². The van der Waals surface area contributed by atoms with E-state index in [4.69, 9.17) is 0 Å². The SMILES string of the molecule is C=CCc1ccc2c(Br)c(CC=C)ccc2c1Br. The van der Waals surface area contributed by atoms with Gasteiger partial charge in [0.05, 0.1) is 0 Å². The van der Waals surface area contributed by atoms with Crippen LogP contribution in [0.3, 0.4) is 0 Å². The molecule has 0 amide bonds. The molecule has 18 heavy (non-hydrogen) atoms. The number of rotatable bonds is 4. The lowest BCUT2D eigenvalue weighted by Crippen LogP contribution is -1.89. The summed E-state index contributed by atoms with van der Waals surface area (Å²) in [7, 11) is 0. The molecule has 0 heterocycles. The van der Waals surface area contributed by atoms with Gasteiger partial charge in [-0.15, -0.1) is 13.2 Å². The van der Waals surface area contributed by atoms with Crippen molar-refractivity contribution in [3.05, 3.63) is 69.6 Å². The van der Waals surface area contributed by atoms with E-state index in [2.05, 4.69) is 69.3 Å². The monoisotopic (exact) mass is 364 g/mol. The molecule has 0 aliphatic heterocycles. The average Bonchev–Trinajstić information content (AvgIpc) is 2.37. The lowest BCUT2D eigenvalue weighted by molar-refractivity contribution is 1.25. The highest BCUT2D eigenvalue weighted by atomic mass is 79.9. The molecule has 2 heteroatoms. The highest BCUT2D eigenvalue weighted by Crippen LogP contribution is 2.34. The molecule has 0 aliphatic carbocycles. The van der Waals surface area contributed by atoms with Gasteiger partial charge in [-0.2, -0.15) is 0 Å². The van der Waals surface area contributed by atoms with Gasteiger partial charge in [0.2, 0.25) is 0 Å². The van der Waals surface area contributed by atoms with Crippen LogP contribution in [0.5, 0.6) is 0 Å². The van der Waals surface area contributed by atoms with Gasteiger partial charge in [-0.25, -0.2) is 0 Å². The predicted octanol–water partition coefficient (Wildman–Crippen LogP) is 5.82. The van der Waals surface area contributed by atoms with Crippen LogP contribution in [-0.4, -0.2) is 0 Å². The van der Waals surface area contributed by atoms with Crippen molar-refractivity contribution in [2.75, 3.05) is 0 Å². The quantitative estimate of drug-likeness (QED) is 0.598. The molecule has 0 fully saturated rings. The topological polar surface area (TPSA) is 0 Å². The maximum Gasteiger partial charge on any atom is 0.0289 e. The van der Waals surface area contributed by atoms with Gasteiger partial charge < -0.3 is 0 Å². The molecule has 2 aromatic carbocycles. The lowest BCUT2D eigenvalue weighted by Gasteiger charge is -2.10. The van der Waals surface area contributed by atoms with Gasteiger partial charge in [0.15, 0.2) is 0 Å². The summed E-state index contributed by atoms with van der Waals surface area (Å²) in [6.07, 6.45) is 5.60. The van der Waals surface area contributed by atoms with Gasteiger partial charge in [-0.3, -0.25) is 0 Å². The first kappa shape index (κ1) is 13.6. The Labute approximate surface area is 125 Å². The summed E-state index contributed by atoms with van der Waals surface area (Å²) >= 11 is 7.38. The Bertz CT molecular complexity index is 557. The van der Waals surface area contributed by atoms with Crippen LogP contribution in [0.25, 0.3) is 10.8 Å². The van der Waals surface area contributed by atoms with Crippen LogP contribution >= 0.6 is 31.9 Å². The third-order valence-corrected chi connectivity index (χ3v) is 4.83. The maximum absolute atomic E-state index is 3.79. The van der Waals surface area contributed by atoms with Crippen LogP contribution in [0, 0.1) is 0 Å². The van der Waals surface area contributed by atoms with E-state index >= 15 is 0 Å². The van der Waals surface area contributed by atoms with Crippen LogP contribution in [-0.2, 0) is 12.8 Å². The predicted molar refractivity (Wildman–Crippen MR) is 87.2 cm³/mol. The first-order valence-corrected chi connectivity index (χ1v) is 7.38. The molecule has 0 saturated carbocycles. The smallest absolute Gasteiger partial charge is 0.0289 e. The second-order valence-corrected chi connectivity index (χ2v) is 5.74. The van der Waals surface area contributed by atoms with Gasteiger partial charge >= 0.3 is 0 Å². The largest absolute Gasteiger partial charge is 0.103 e. The molecule has 0 nitrogen and oxygen atoms in total. The molecule has 0 atom stereocenters. The molecular formula is C16H14Br2. The standard InChI is InChI=1S/C16H14Br2/c1-3-5-11-7-9-14-13(15(11)17)10-8-12(6-4-2)16(14)18/h3-4,7-10H,1-2,5-6H2. The Morgan fingerprint density at radius 3 is 1.50 bits per heavy atom. The first-order chi connectivity index (χ1) is 8.69. The van der Waals surface area contributed by atoms with E-state index in [0.717, 1.165) is 21.8 Å². The van der Waals surface area contributed by atoms with E-state index in [1.165, 1.54) is 21.9 Å². The van der Waals surface area contributed by atoms with Crippen molar-refractivity contribution in [2.24, 2.45) is 0 Å². The van der Waals surface area contributed by atoms with E-state index in [9.17, 15) is 0 Å². The minimum absolute atomic E-state index is 0.878. The van der Waals surface area contributed by atoms with Crippen LogP contribution in [0.15, 0.2) is 58.5 Å². The third kappa shape index (κ3) is 2.45. The number of fused-ring (bicyclic) bond motifs is 1. The fraction of sp³-hybridized carbons (Fsp3) is 0.125. The number of hydrogen-bond donors (Lipinski definition) is 0. The van der Waals surface area contributed by atoms with Crippen molar-refractivity contribution >= 4 is 42.6 Å². The van der Waals surface area contributed by atoms with E-state index in [1.807, 2.05) is 12.2 Å². The van der Waals surface area contributed by atoms with Gasteiger partial charge in [0, 0.05) is 8.95 Å². The number of halogens is 2. The summed E-state index contributed by atoms with van der Waals surface area (Å²) in [5.41, 5.74) is 2.53. The summed E-state index contributed by atoms with van der Waals surface area (Å²) in [6.45, 7) is 7.58. The van der Waals surface area contributed by atoms with Crippen molar-refractivity contribution in [1.29, 1.82) is 0 Å². The molecule has 0 unspecified atom stereocenters. The number of hydrogen-bond acceptors (Lipinski definition) is 0. The third-order valence-electron chi connectivity index (χ3n) is 2.96. The summed E-state index contributed by atoms with van der Waals surface area (Å²) < 4.78 is 2.32. The van der Waals surface area contributed by atoms with E-state index in [-0.39, 0.29) is 0 Å². The molecule has 2 aromatic rings. The molecular weight excluding hydrogens is 352 g/mol. The highest BCUT2D eigenvalue weighted by Gasteiger charge is 2.09. The summed E-state index contributed by atoms with van der Waals surface area (Å²) in [6, 6.07) is 8.62. The van der Waals surface area contributed by atoms with E-state index in [0.29, 0.717) is 0 Å². The zero-order valence-corrected chi connectivity index (χ0v) is 13.2. The molecule has 0 aromatic heterocycles. The fourth-order valence-electron chi connectivity index (χ4n) is 2.05. The van der Waals surface area contributed by atoms with Gasteiger partial charge in [0.1, 0.15) is 0 Å². The van der Waals surface area contributed by atoms with Crippen LogP contribution in [0.2, 0.25) is 0 Å². The van der Waals surface area contributed by atoms with E-state index < -0.39 is 0 Å². The Balaban J connectivity index is 2.66. The minimum atomic E-state index is 0.878. The minimum Gasteiger partial charge on any atom is -0.103 e.